The number of rotatable bonds is 5. The Balaban J connectivity index is 1.55. The number of hydrogen-bond donors (Lipinski definition) is 2. The molecule has 2 N–H and O–H groups in total. The molecule has 0 unspecified atom stereocenters. The molecule has 1 aromatic carbocycles. The molecule has 0 amide bonds. The second kappa shape index (κ2) is 8.36. The average Bonchev–Trinajstić information content (AvgIpc) is 2.75. The summed E-state index contributed by atoms with van der Waals surface area (Å²) in [4.78, 5) is 39.8. The Morgan fingerprint density at radius 3 is 2.66 bits per heavy atom. The predicted octanol–water partition coefficient (Wildman–Crippen LogP) is 1.91. The first-order valence-corrected chi connectivity index (χ1v) is 9.54. The smallest absolute Gasteiger partial charge is 0.355 e. The van der Waals surface area contributed by atoms with Crippen LogP contribution in [0.4, 0.5) is 5.95 Å². The first-order chi connectivity index (χ1) is 14.1. The van der Waals surface area contributed by atoms with Crippen molar-refractivity contribution >= 4 is 5.95 Å². The fourth-order valence-corrected chi connectivity index (χ4v) is 3.48. The normalized spacial score (nSPS) is 15.8. The molecule has 0 radical (unpaired) electrons. The third-order valence-electron chi connectivity index (χ3n) is 5.05. The molecule has 1 fully saturated rings. The Morgan fingerprint density at radius 2 is 1.93 bits per heavy atom. The maximum absolute atomic E-state index is 12.5. The van der Waals surface area contributed by atoms with E-state index in [0.717, 1.165) is 16.7 Å². The highest BCUT2D eigenvalue weighted by molar-refractivity contribution is 5.62. The lowest BCUT2D eigenvalue weighted by Crippen LogP contribution is -2.42. The molecule has 0 spiro atoms. The van der Waals surface area contributed by atoms with Crippen molar-refractivity contribution in [2.45, 2.75) is 31.8 Å². The van der Waals surface area contributed by atoms with Gasteiger partial charge in [0.05, 0.1) is 6.04 Å². The molecule has 1 aliphatic rings. The number of H-pyrrole nitrogens is 1. The van der Waals surface area contributed by atoms with Crippen LogP contribution in [0.1, 0.15) is 37.4 Å². The van der Waals surface area contributed by atoms with Gasteiger partial charge in [0, 0.05) is 37.2 Å². The standard InChI is InChI=1S/C20H22N6O3/c1-13(14-3-2-4-15(9-14)16-10-21-12-22-11-16)23-18-24-19(27)26(20(28)25-18)17-5-7-29-8-6-17/h2-4,9-13,17H,5-8H2,1H3,(H2,23,24,25,27,28)/t13-/m0/s1. The zero-order valence-electron chi connectivity index (χ0n) is 16.0. The number of ether oxygens (including phenoxy) is 1. The zero-order valence-corrected chi connectivity index (χ0v) is 16.0. The molecule has 0 aliphatic carbocycles. The summed E-state index contributed by atoms with van der Waals surface area (Å²) in [6, 6.07) is 7.54. The minimum atomic E-state index is -0.550. The number of nitrogens with zero attached hydrogens (tertiary/aromatic N) is 4. The quantitative estimate of drug-likeness (QED) is 0.679. The minimum absolute atomic E-state index is 0.157. The third-order valence-corrected chi connectivity index (χ3v) is 5.05. The molecule has 1 saturated heterocycles. The Labute approximate surface area is 166 Å². The summed E-state index contributed by atoms with van der Waals surface area (Å²) in [5.41, 5.74) is 1.86. The first-order valence-electron chi connectivity index (χ1n) is 9.54. The van der Waals surface area contributed by atoms with Crippen LogP contribution in [0.5, 0.6) is 0 Å². The lowest BCUT2D eigenvalue weighted by Gasteiger charge is -2.23. The van der Waals surface area contributed by atoms with Crippen LogP contribution in [-0.4, -0.2) is 37.7 Å². The van der Waals surface area contributed by atoms with E-state index >= 15 is 0 Å². The molecule has 9 nitrogen and oxygen atoms in total. The molecule has 29 heavy (non-hydrogen) atoms. The van der Waals surface area contributed by atoms with Crippen molar-refractivity contribution in [3.63, 3.8) is 0 Å². The van der Waals surface area contributed by atoms with E-state index in [1.165, 1.54) is 10.9 Å². The van der Waals surface area contributed by atoms with Gasteiger partial charge in [-0.25, -0.2) is 24.1 Å². The van der Waals surface area contributed by atoms with Crippen LogP contribution in [0, 0.1) is 0 Å². The van der Waals surface area contributed by atoms with Gasteiger partial charge in [0.25, 0.3) is 0 Å². The molecule has 0 saturated carbocycles. The zero-order chi connectivity index (χ0) is 20.2. The maximum atomic E-state index is 12.5. The van der Waals surface area contributed by atoms with Gasteiger partial charge >= 0.3 is 11.4 Å². The Bertz CT molecular complexity index is 1060. The summed E-state index contributed by atoms with van der Waals surface area (Å²) in [7, 11) is 0. The predicted molar refractivity (Wildman–Crippen MR) is 108 cm³/mol. The monoisotopic (exact) mass is 394 g/mol. The van der Waals surface area contributed by atoms with Gasteiger partial charge in [0.15, 0.2) is 0 Å². The van der Waals surface area contributed by atoms with Gasteiger partial charge in [-0.3, -0.25) is 4.98 Å². The van der Waals surface area contributed by atoms with Crippen LogP contribution in [0.15, 0.2) is 52.6 Å². The van der Waals surface area contributed by atoms with Crippen molar-refractivity contribution in [1.82, 2.24) is 24.5 Å². The van der Waals surface area contributed by atoms with E-state index in [1.807, 2.05) is 31.2 Å². The second-order valence-corrected chi connectivity index (χ2v) is 7.01. The number of aromatic amines is 1. The number of aromatic nitrogens is 5. The molecule has 1 atom stereocenters. The summed E-state index contributed by atoms with van der Waals surface area (Å²) >= 11 is 0. The minimum Gasteiger partial charge on any atom is -0.381 e. The Morgan fingerprint density at radius 1 is 1.17 bits per heavy atom. The Hall–Kier alpha value is -3.33. The number of nitrogens with one attached hydrogen (secondary N) is 2. The molecule has 3 aromatic rings. The van der Waals surface area contributed by atoms with Crippen molar-refractivity contribution in [3.8, 4) is 11.1 Å². The van der Waals surface area contributed by atoms with E-state index in [1.54, 1.807) is 12.4 Å². The maximum Gasteiger partial charge on any atom is 0.355 e. The number of hydrogen-bond acceptors (Lipinski definition) is 7. The van der Waals surface area contributed by atoms with Gasteiger partial charge in [0.2, 0.25) is 5.95 Å². The van der Waals surface area contributed by atoms with Crippen LogP contribution in [0.3, 0.4) is 0 Å². The van der Waals surface area contributed by atoms with Crippen molar-refractivity contribution < 1.29 is 4.74 Å². The molecule has 0 bridgehead atoms. The summed E-state index contributed by atoms with van der Waals surface area (Å²) in [5.74, 6) is 0.157. The number of anilines is 1. The van der Waals surface area contributed by atoms with Gasteiger partial charge in [-0.15, -0.1) is 0 Å². The van der Waals surface area contributed by atoms with Crippen LogP contribution in [-0.2, 0) is 4.74 Å². The highest BCUT2D eigenvalue weighted by atomic mass is 16.5. The molecule has 150 valence electrons. The SMILES string of the molecule is C[C@H](Nc1nc(=O)n(C2CCOCC2)c(=O)[nH]1)c1cccc(-c2cncnc2)c1. The average molecular weight is 394 g/mol. The fraction of sp³-hybridized carbons (Fsp3) is 0.350. The molecule has 2 aromatic heterocycles. The summed E-state index contributed by atoms with van der Waals surface area (Å²) in [6.07, 6.45) is 6.24. The highest BCUT2D eigenvalue weighted by Gasteiger charge is 2.20. The van der Waals surface area contributed by atoms with Gasteiger partial charge in [-0.1, -0.05) is 18.2 Å². The van der Waals surface area contributed by atoms with Crippen molar-refractivity contribution in [2.75, 3.05) is 18.5 Å². The topological polar surface area (TPSA) is 115 Å². The van der Waals surface area contributed by atoms with Gasteiger partial charge < -0.3 is 10.1 Å². The van der Waals surface area contributed by atoms with Crippen LogP contribution in [0.25, 0.3) is 11.1 Å². The molecular formula is C20H22N6O3. The number of benzene rings is 1. The fourth-order valence-electron chi connectivity index (χ4n) is 3.48. The molecule has 9 heteroatoms. The molecule has 1 aliphatic heterocycles. The molecule has 4 rings (SSSR count). The van der Waals surface area contributed by atoms with Crippen molar-refractivity contribution in [1.29, 1.82) is 0 Å². The van der Waals surface area contributed by atoms with Gasteiger partial charge in [0.1, 0.15) is 6.33 Å². The summed E-state index contributed by atoms with van der Waals surface area (Å²) < 4.78 is 6.49. The summed E-state index contributed by atoms with van der Waals surface area (Å²) in [6.45, 7) is 3.01. The second-order valence-electron chi connectivity index (χ2n) is 7.01. The third kappa shape index (κ3) is 4.24. The van der Waals surface area contributed by atoms with Crippen molar-refractivity contribution in [2.24, 2.45) is 0 Å². The van der Waals surface area contributed by atoms with E-state index < -0.39 is 11.4 Å². The molecular weight excluding hydrogens is 372 g/mol. The van der Waals surface area contributed by atoms with Gasteiger partial charge in [-0.2, -0.15) is 4.98 Å². The highest BCUT2D eigenvalue weighted by Crippen LogP contribution is 2.23. The van der Waals surface area contributed by atoms with E-state index in [-0.39, 0.29) is 18.0 Å². The van der Waals surface area contributed by atoms with E-state index in [9.17, 15) is 9.59 Å². The van der Waals surface area contributed by atoms with E-state index in [2.05, 4.69) is 25.3 Å². The van der Waals surface area contributed by atoms with Crippen molar-refractivity contribution in [3.05, 3.63) is 69.5 Å². The first kappa shape index (κ1) is 19.0. The van der Waals surface area contributed by atoms with Gasteiger partial charge in [-0.05, 0) is 37.0 Å². The van der Waals surface area contributed by atoms with Crippen LogP contribution < -0.4 is 16.7 Å². The largest absolute Gasteiger partial charge is 0.381 e. The molecule has 3 heterocycles. The van der Waals surface area contributed by atoms with E-state index in [0.29, 0.717) is 26.1 Å². The van der Waals surface area contributed by atoms with E-state index in [4.69, 9.17) is 4.74 Å². The van der Waals surface area contributed by atoms with Crippen LogP contribution in [0.2, 0.25) is 0 Å². The van der Waals surface area contributed by atoms with Crippen LogP contribution >= 0.6 is 0 Å². The summed E-state index contributed by atoms with van der Waals surface area (Å²) in [5, 5.41) is 3.11. The lowest BCUT2D eigenvalue weighted by molar-refractivity contribution is 0.0670. The lowest BCUT2D eigenvalue weighted by atomic mass is 10.0. The Kier molecular flexibility index (Phi) is 5.48.